The summed E-state index contributed by atoms with van der Waals surface area (Å²) < 4.78 is 13.3. The van der Waals surface area contributed by atoms with Crippen LogP contribution in [0.4, 0.5) is 4.39 Å². The predicted molar refractivity (Wildman–Crippen MR) is 103 cm³/mol. The van der Waals surface area contributed by atoms with Crippen molar-refractivity contribution in [2.24, 2.45) is 10.8 Å². The fourth-order valence-corrected chi connectivity index (χ4v) is 2.53. The van der Waals surface area contributed by atoms with Crippen LogP contribution in [0.15, 0.2) is 89.4 Å². The van der Waals surface area contributed by atoms with Gasteiger partial charge in [0.15, 0.2) is 0 Å². The van der Waals surface area contributed by atoms with Gasteiger partial charge in [-0.25, -0.2) is 4.39 Å². The summed E-state index contributed by atoms with van der Waals surface area (Å²) in [6.07, 6.45) is 13.2. The maximum Gasteiger partial charge on any atom is 0.123 e. The SMILES string of the molecule is C=CC(=C\N)/C(=N\N(C)/C1=C/CC=C/C=C(/C)C1)c1ccc(F)cc1. The van der Waals surface area contributed by atoms with E-state index in [1.165, 1.54) is 23.9 Å². The molecule has 4 heteroatoms. The summed E-state index contributed by atoms with van der Waals surface area (Å²) >= 11 is 0. The van der Waals surface area contributed by atoms with Crippen molar-refractivity contribution in [1.82, 2.24) is 5.01 Å². The average molecular weight is 337 g/mol. The van der Waals surface area contributed by atoms with Crippen molar-refractivity contribution in [2.75, 3.05) is 7.05 Å². The van der Waals surface area contributed by atoms with Crippen molar-refractivity contribution in [2.45, 2.75) is 19.8 Å². The zero-order chi connectivity index (χ0) is 18.2. The Morgan fingerprint density at radius 3 is 2.68 bits per heavy atom. The topological polar surface area (TPSA) is 41.6 Å². The van der Waals surface area contributed by atoms with Crippen LogP contribution < -0.4 is 5.73 Å². The van der Waals surface area contributed by atoms with Crippen LogP contribution in [0.25, 0.3) is 0 Å². The van der Waals surface area contributed by atoms with Crippen molar-refractivity contribution < 1.29 is 4.39 Å². The van der Waals surface area contributed by atoms with E-state index in [2.05, 4.69) is 37.8 Å². The van der Waals surface area contributed by atoms with Crippen LogP contribution in [0.3, 0.4) is 0 Å². The van der Waals surface area contributed by atoms with Gasteiger partial charge in [-0.1, -0.05) is 42.5 Å². The molecule has 1 aliphatic rings. The Balaban J connectivity index is 2.42. The van der Waals surface area contributed by atoms with E-state index >= 15 is 0 Å². The molecule has 2 N–H and O–H groups in total. The maximum absolute atomic E-state index is 13.3. The molecule has 1 aromatic carbocycles. The predicted octanol–water partition coefficient (Wildman–Crippen LogP) is 4.67. The molecule has 0 heterocycles. The third-order valence-corrected chi connectivity index (χ3v) is 3.92. The number of allylic oxidation sites excluding steroid dienone is 7. The van der Waals surface area contributed by atoms with Gasteiger partial charge in [0.25, 0.3) is 0 Å². The summed E-state index contributed by atoms with van der Waals surface area (Å²) in [7, 11) is 1.91. The van der Waals surface area contributed by atoms with E-state index in [9.17, 15) is 4.39 Å². The van der Waals surface area contributed by atoms with Crippen molar-refractivity contribution in [3.63, 3.8) is 0 Å². The molecule has 0 fully saturated rings. The number of rotatable bonds is 5. The number of hydrogen-bond acceptors (Lipinski definition) is 3. The number of hydrogen-bond donors (Lipinski definition) is 1. The molecule has 0 aromatic heterocycles. The van der Waals surface area contributed by atoms with E-state index in [-0.39, 0.29) is 5.82 Å². The first-order chi connectivity index (χ1) is 12.0. The minimum atomic E-state index is -0.288. The van der Waals surface area contributed by atoms with Crippen LogP contribution in [0.5, 0.6) is 0 Å². The van der Waals surface area contributed by atoms with E-state index in [4.69, 9.17) is 10.8 Å². The van der Waals surface area contributed by atoms with Crippen molar-refractivity contribution in [3.8, 4) is 0 Å². The molecular weight excluding hydrogens is 313 g/mol. The smallest absolute Gasteiger partial charge is 0.123 e. The lowest BCUT2D eigenvalue weighted by Crippen LogP contribution is -2.17. The molecule has 1 aromatic rings. The third-order valence-electron chi connectivity index (χ3n) is 3.92. The first-order valence-corrected chi connectivity index (χ1v) is 8.19. The van der Waals surface area contributed by atoms with Crippen molar-refractivity contribution in [1.29, 1.82) is 0 Å². The van der Waals surface area contributed by atoms with Gasteiger partial charge in [0.2, 0.25) is 0 Å². The van der Waals surface area contributed by atoms with Crippen LogP contribution in [0, 0.1) is 5.82 Å². The molecular formula is C21H24FN3. The van der Waals surface area contributed by atoms with Crippen LogP contribution in [0.1, 0.15) is 25.3 Å². The lowest BCUT2D eigenvalue weighted by atomic mass is 10.0. The monoisotopic (exact) mass is 337 g/mol. The van der Waals surface area contributed by atoms with E-state index in [1.807, 2.05) is 12.1 Å². The first-order valence-electron chi connectivity index (χ1n) is 8.19. The molecule has 2 rings (SSSR count). The Labute approximate surface area is 149 Å². The van der Waals surface area contributed by atoms with Gasteiger partial charge in [-0.3, -0.25) is 5.01 Å². The van der Waals surface area contributed by atoms with Crippen LogP contribution in [0.2, 0.25) is 0 Å². The summed E-state index contributed by atoms with van der Waals surface area (Å²) in [5.74, 6) is -0.288. The fourth-order valence-electron chi connectivity index (χ4n) is 2.53. The molecule has 0 unspecified atom stereocenters. The first kappa shape index (κ1) is 18.5. The van der Waals surface area contributed by atoms with Gasteiger partial charge in [-0.15, -0.1) is 0 Å². The van der Waals surface area contributed by atoms with Gasteiger partial charge in [-0.05, 0) is 37.6 Å². The number of hydrazone groups is 1. The van der Waals surface area contributed by atoms with Gasteiger partial charge >= 0.3 is 0 Å². The number of nitrogens with zero attached hydrogens (tertiary/aromatic N) is 2. The van der Waals surface area contributed by atoms with Crippen LogP contribution in [-0.4, -0.2) is 17.8 Å². The molecule has 130 valence electrons. The molecule has 1 aliphatic carbocycles. The second-order valence-corrected chi connectivity index (χ2v) is 5.85. The highest BCUT2D eigenvalue weighted by Gasteiger charge is 2.12. The molecule has 0 bridgehead atoms. The molecule has 0 amide bonds. The number of halogens is 1. The van der Waals surface area contributed by atoms with Gasteiger partial charge in [0, 0.05) is 36.5 Å². The third kappa shape index (κ3) is 5.05. The highest BCUT2D eigenvalue weighted by atomic mass is 19.1. The molecule has 0 atom stereocenters. The minimum absolute atomic E-state index is 0.288. The summed E-state index contributed by atoms with van der Waals surface area (Å²) in [6.45, 7) is 5.89. The largest absolute Gasteiger partial charge is 0.404 e. The second kappa shape index (κ2) is 8.83. The Kier molecular flexibility index (Phi) is 6.52. The molecule has 25 heavy (non-hydrogen) atoms. The van der Waals surface area contributed by atoms with Crippen LogP contribution >= 0.6 is 0 Å². The van der Waals surface area contributed by atoms with E-state index in [1.54, 1.807) is 18.2 Å². The number of nitrogens with two attached hydrogens (primary N) is 1. The summed E-state index contributed by atoms with van der Waals surface area (Å²) in [5.41, 5.74) is 10.2. The quantitative estimate of drug-likeness (QED) is 0.482. The molecule has 0 spiro atoms. The minimum Gasteiger partial charge on any atom is -0.404 e. The summed E-state index contributed by atoms with van der Waals surface area (Å²) in [4.78, 5) is 0. The molecule has 0 radical (unpaired) electrons. The number of benzene rings is 1. The highest BCUT2D eigenvalue weighted by Crippen LogP contribution is 2.20. The molecule has 0 saturated heterocycles. The Morgan fingerprint density at radius 1 is 1.32 bits per heavy atom. The highest BCUT2D eigenvalue weighted by molar-refractivity contribution is 6.14. The summed E-state index contributed by atoms with van der Waals surface area (Å²) in [6, 6.07) is 6.20. The van der Waals surface area contributed by atoms with Gasteiger partial charge in [0.1, 0.15) is 5.82 Å². The lowest BCUT2D eigenvalue weighted by molar-refractivity contribution is 0.433. The van der Waals surface area contributed by atoms with E-state index < -0.39 is 0 Å². The van der Waals surface area contributed by atoms with Crippen molar-refractivity contribution >= 4 is 5.71 Å². The van der Waals surface area contributed by atoms with Gasteiger partial charge in [0.05, 0.1) is 5.71 Å². The zero-order valence-corrected chi connectivity index (χ0v) is 14.7. The normalized spacial score (nSPS) is 20.0. The molecule has 3 nitrogen and oxygen atoms in total. The molecule has 0 aliphatic heterocycles. The Hall–Kier alpha value is -2.88. The molecule has 0 saturated carbocycles. The van der Waals surface area contributed by atoms with Crippen LogP contribution in [-0.2, 0) is 0 Å². The zero-order valence-electron chi connectivity index (χ0n) is 14.7. The van der Waals surface area contributed by atoms with Crippen molar-refractivity contribution in [3.05, 3.63) is 95.6 Å². The average Bonchev–Trinajstić information content (AvgIpc) is 2.58. The standard InChI is InChI=1S/C21H24FN3/c1-4-17(15-23)21(18-10-12-19(22)13-11-18)24-25(3)20-9-7-5-6-8-16(2)14-20/h4-6,8-13,15H,1,7,14,23H2,2-3H3/b6-5?,16-8-,17-15+,20-9+,24-21+. The second-order valence-electron chi connectivity index (χ2n) is 5.85. The van der Waals surface area contributed by atoms with Gasteiger partial charge < -0.3 is 5.73 Å². The van der Waals surface area contributed by atoms with E-state index in [0.717, 1.165) is 24.1 Å². The fraction of sp³-hybridized carbons (Fsp3) is 0.190. The Bertz CT molecular complexity index is 765. The Morgan fingerprint density at radius 2 is 2.04 bits per heavy atom. The van der Waals surface area contributed by atoms with Gasteiger partial charge in [-0.2, -0.15) is 5.10 Å². The van der Waals surface area contributed by atoms with E-state index in [0.29, 0.717) is 11.3 Å². The summed E-state index contributed by atoms with van der Waals surface area (Å²) in [5, 5.41) is 6.59. The lowest BCUT2D eigenvalue weighted by Gasteiger charge is -2.21. The maximum atomic E-state index is 13.3.